The quantitative estimate of drug-likeness (QED) is 0.194. The van der Waals surface area contributed by atoms with Crippen LogP contribution in [0.2, 0.25) is 0 Å². The molecular weight excluding hydrogens is 558 g/mol. The molecule has 0 radical (unpaired) electrons. The molecule has 0 saturated heterocycles. The molecular formula is C43H29N3. The Kier molecular flexibility index (Phi) is 7.18. The van der Waals surface area contributed by atoms with Crippen LogP contribution >= 0.6 is 0 Å². The van der Waals surface area contributed by atoms with E-state index in [-0.39, 0.29) is 0 Å². The highest BCUT2D eigenvalue weighted by Crippen LogP contribution is 2.35. The summed E-state index contributed by atoms with van der Waals surface area (Å²) < 4.78 is 0. The largest absolute Gasteiger partial charge is 0.208 e. The van der Waals surface area contributed by atoms with Crippen LogP contribution in [0.1, 0.15) is 0 Å². The van der Waals surface area contributed by atoms with Crippen molar-refractivity contribution in [3.05, 3.63) is 176 Å². The van der Waals surface area contributed by atoms with Gasteiger partial charge in [0.25, 0.3) is 0 Å². The molecule has 0 spiro atoms. The van der Waals surface area contributed by atoms with Crippen molar-refractivity contribution in [2.45, 2.75) is 0 Å². The Balaban J connectivity index is 1.33. The molecule has 3 heteroatoms. The van der Waals surface area contributed by atoms with Gasteiger partial charge in [-0.2, -0.15) is 0 Å². The predicted molar refractivity (Wildman–Crippen MR) is 190 cm³/mol. The van der Waals surface area contributed by atoms with Crippen molar-refractivity contribution in [3.63, 3.8) is 0 Å². The second-order valence-corrected chi connectivity index (χ2v) is 11.3. The van der Waals surface area contributed by atoms with Gasteiger partial charge in [-0.25, -0.2) is 15.0 Å². The molecule has 1 heterocycles. The average Bonchev–Trinajstić information content (AvgIpc) is 3.15. The Morgan fingerprint density at radius 3 is 1.30 bits per heavy atom. The Labute approximate surface area is 268 Å². The van der Waals surface area contributed by atoms with E-state index in [0.717, 1.165) is 50.1 Å². The summed E-state index contributed by atoms with van der Waals surface area (Å²) in [4.78, 5) is 15.2. The Morgan fingerprint density at radius 2 is 0.630 bits per heavy atom. The summed E-state index contributed by atoms with van der Waals surface area (Å²) in [5.74, 6) is 1.91. The van der Waals surface area contributed by atoms with Crippen molar-refractivity contribution in [1.29, 1.82) is 0 Å². The third-order valence-corrected chi connectivity index (χ3v) is 8.28. The first kappa shape index (κ1) is 27.4. The molecule has 0 saturated carbocycles. The smallest absolute Gasteiger partial charge is 0.164 e. The van der Waals surface area contributed by atoms with Gasteiger partial charge in [0.05, 0.1) is 0 Å². The van der Waals surface area contributed by atoms with Crippen LogP contribution in [0, 0.1) is 0 Å². The average molecular weight is 588 g/mol. The molecule has 0 aliphatic carbocycles. The first-order valence-corrected chi connectivity index (χ1v) is 15.4. The lowest BCUT2D eigenvalue weighted by atomic mass is 9.94. The first-order chi connectivity index (χ1) is 22.8. The fraction of sp³-hybridized carbons (Fsp3) is 0. The van der Waals surface area contributed by atoms with Crippen LogP contribution in [0.3, 0.4) is 0 Å². The fourth-order valence-corrected chi connectivity index (χ4v) is 5.91. The number of aromatic nitrogens is 3. The van der Waals surface area contributed by atoms with Crippen LogP contribution in [-0.4, -0.2) is 15.0 Å². The summed E-state index contributed by atoms with van der Waals surface area (Å²) in [6, 6.07) is 61.2. The van der Waals surface area contributed by atoms with Gasteiger partial charge in [-0.15, -0.1) is 0 Å². The van der Waals surface area contributed by atoms with E-state index in [1.54, 1.807) is 0 Å². The number of nitrogens with zero attached hydrogens (tertiary/aromatic N) is 3. The number of hydrogen-bond donors (Lipinski definition) is 0. The van der Waals surface area contributed by atoms with E-state index in [1.165, 1.54) is 10.8 Å². The second kappa shape index (κ2) is 12.1. The van der Waals surface area contributed by atoms with Gasteiger partial charge in [-0.1, -0.05) is 146 Å². The SMILES string of the molecule is c1ccc(-c2cccc(-c3nc(-c4ccccc4)nc(-c4cc(-c5ccccc5)cc(-c5ccc6ccccc6c5)c4)n3)c2)cc1. The Hall–Kier alpha value is -6.19. The molecule has 0 bridgehead atoms. The van der Waals surface area contributed by atoms with Crippen LogP contribution in [0.15, 0.2) is 176 Å². The molecule has 0 aliphatic rings. The summed E-state index contributed by atoms with van der Waals surface area (Å²) in [5, 5.41) is 2.43. The van der Waals surface area contributed by atoms with Crippen molar-refractivity contribution in [2.75, 3.05) is 0 Å². The fourth-order valence-electron chi connectivity index (χ4n) is 5.91. The maximum absolute atomic E-state index is 5.13. The van der Waals surface area contributed by atoms with Crippen molar-refractivity contribution in [2.24, 2.45) is 0 Å². The van der Waals surface area contributed by atoms with Crippen molar-refractivity contribution < 1.29 is 0 Å². The van der Waals surface area contributed by atoms with E-state index in [9.17, 15) is 0 Å². The molecule has 0 N–H and O–H groups in total. The molecule has 46 heavy (non-hydrogen) atoms. The Bertz CT molecular complexity index is 2300. The summed E-state index contributed by atoms with van der Waals surface area (Å²) in [6.07, 6.45) is 0. The van der Waals surface area contributed by atoms with E-state index < -0.39 is 0 Å². The second-order valence-electron chi connectivity index (χ2n) is 11.3. The van der Waals surface area contributed by atoms with E-state index >= 15 is 0 Å². The van der Waals surface area contributed by atoms with Crippen molar-refractivity contribution >= 4 is 10.8 Å². The zero-order valence-electron chi connectivity index (χ0n) is 25.1. The highest BCUT2D eigenvalue weighted by molar-refractivity contribution is 5.89. The summed E-state index contributed by atoms with van der Waals surface area (Å²) in [5.41, 5.74) is 9.59. The van der Waals surface area contributed by atoms with Crippen molar-refractivity contribution in [1.82, 2.24) is 15.0 Å². The van der Waals surface area contributed by atoms with Crippen LogP contribution in [0.4, 0.5) is 0 Å². The van der Waals surface area contributed by atoms with Gasteiger partial charge in [0, 0.05) is 16.7 Å². The van der Waals surface area contributed by atoms with Crippen LogP contribution in [0.5, 0.6) is 0 Å². The van der Waals surface area contributed by atoms with Crippen LogP contribution in [-0.2, 0) is 0 Å². The number of fused-ring (bicyclic) bond motifs is 1. The molecule has 0 aliphatic heterocycles. The van der Waals surface area contributed by atoms with E-state index in [1.807, 2.05) is 42.5 Å². The van der Waals surface area contributed by atoms with Gasteiger partial charge >= 0.3 is 0 Å². The molecule has 8 rings (SSSR count). The summed E-state index contributed by atoms with van der Waals surface area (Å²) >= 11 is 0. The maximum Gasteiger partial charge on any atom is 0.164 e. The molecule has 0 atom stereocenters. The first-order valence-electron chi connectivity index (χ1n) is 15.4. The molecule has 8 aromatic rings. The van der Waals surface area contributed by atoms with Gasteiger partial charge in [0.2, 0.25) is 0 Å². The predicted octanol–water partition coefficient (Wildman–Crippen LogP) is 11.0. The van der Waals surface area contributed by atoms with E-state index in [2.05, 4.69) is 133 Å². The topological polar surface area (TPSA) is 38.7 Å². The number of rotatable bonds is 6. The molecule has 216 valence electrons. The lowest BCUT2D eigenvalue weighted by molar-refractivity contribution is 1.07. The standard InChI is InChI=1S/C43H29N3/c1-4-13-30(14-5-1)35-21-12-22-37(26-35)42-44-41(33-18-8-3-9-19-33)45-43(46-42)40-28-38(31-15-6-2-7-16-31)27-39(29-40)36-24-23-32-17-10-11-20-34(32)25-36/h1-29H. The minimum atomic E-state index is 0.633. The van der Waals surface area contributed by atoms with E-state index in [4.69, 9.17) is 15.0 Å². The zero-order valence-corrected chi connectivity index (χ0v) is 25.1. The van der Waals surface area contributed by atoms with Crippen molar-refractivity contribution in [3.8, 4) is 67.5 Å². The molecule has 0 unspecified atom stereocenters. The lowest BCUT2D eigenvalue weighted by Crippen LogP contribution is -2.00. The molecule has 3 nitrogen and oxygen atoms in total. The minimum Gasteiger partial charge on any atom is -0.208 e. The highest BCUT2D eigenvalue weighted by Gasteiger charge is 2.15. The Morgan fingerprint density at radius 1 is 0.217 bits per heavy atom. The highest BCUT2D eigenvalue weighted by atomic mass is 15.0. The molecule has 0 fully saturated rings. The number of hydrogen-bond acceptors (Lipinski definition) is 3. The normalized spacial score (nSPS) is 11.0. The van der Waals surface area contributed by atoms with Gasteiger partial charge in [0.15, 0.2) is 17.5 Å². The third-order valence-electron chi connectivity index (χ3n) is 8.28. The number of benzene rings is 7. The third kappa shape index (κ3) is 5.58. The maximum atomic E-state index is 5.13. The van der Waals surface area contributed by atoms with Gasteiger partial charge in [-0.3, -0.25) is 0 Å². The van der Waals surface area contributed by atoms with Gasteiger partial charge in [-0.05, 0) is 74.5 Å². The van der Waals surface area contributed by atoms with Crippen LogP contribution < -0.4 is 0 Å². The van der Waals surface area contributed by atoms with E-state index in [0.29, 0.717) is 17.5 Å². The lowest BCUT2D eigenvalue weighted by Gasteiger charge is -2.13. The molecule has 1 aromatic heterocycles. The molecule has 7 aromatic carbocycles. The van der Waals surface area contributed by atoms with Gasteiger partial charge < -0.3 is 0 Å². The van der Waals surface area contributed by atoms with Gasteiger partial charge in [0.1, 0.15) is 0 Å². The monoisotopic (exact) mass is 587 g/mol. The zero-order chi connectivity index (χ0) is 30.7. The minimum absolute atomic E-state index is 0.633. The van der Waals surface area contributed by atoms with Crippen LogP contribution in [0.25, 0.3) is 78.3 Å². The summed E-state index contributed by atoms with van der Waals surface area (Å²) in [7, 11) is 0. The molecule has 0 amide bonds. The summed E-state index contributed by atoms with van der Waals surface area (Å²) in [6.45, 7) is 0.